The van der Waals surface area contributed by atoms with E-state index in [1.807, 2.05) is 0 Å². The molecule has 0 aliphatic rings. The highest BCUT2D eigenvalue weighted by Gasteiger charge is 2.43. The third-order valence-electron chi connectivity index (χ3n) is 1.76. The van der Waals surface area contributed by atoms with E-state index in [-0.39, 0.29) is 6.07 Å². The predicted molar refractivity (Wildman–Crippen MR) is 43.7 cm³/mol. The number of H-pyrrole nitrogens is 1. The molecule has 0 unspecified atom stereocenters. The third kappa shape index (κ3) is 3.83. The van der Waals surface area contributed by atoms with Crippen molar-refractivity contribution in [1.82, 2.24) is 4.98 Å². The number of halogens is 8. The van der Waals surface area contributed by atoms with Gasteiger partial charge in [-0.05, 0) is 0 Å². The fraction of sp³-hybridized carbons (Fsp3) is 0.375. The summed E-state index contributed by atoms with van der Waals surface area (Å²) in [5, 5.41) is 0. The largest absolute Gasteiger partial charge is 0.573 e. The molecule has 1 aromatic heterocycles. The van der Waals surface area contributed by atoms with Crippen LogP contribution in [0.3, 0.4) is 0 Å². The third-order valence-corrected chi connectivity index (χ3v) is 1.76. The van der Waals surface area contributed by atoms with Crippen LogP contribution in [0.25, 0.3) is 0 Å². The van der Waals surface area contributed by atoms with Crippen LogP contribution < -0.4 is 10.3 Å². The van der Waals surface area contributed by atoms with Crippen molar-refractivity contribution in [1.29, 1.82) is 0 Å². The van der Waals surface area contributed by atoms with Crippen molar-refractivity contribution in [3.8, 4) is 5.75 Å². The van der Waals surface area contributed by atoms with E-state index >= 15 is 0 Å². The molecule has 1 aromatic rings. The molecule has 3 nitrogen and oxygen atoms in total. The van der Waals surface area contributed by atoms with Gasteiger partial charge in [-0.2, -0.15) is 13.2 Å². The molecule has 0 amide bonds. The smallest absolute Gasteiger partial charge is 0.403 e. The van der Waals surface area contributed by atoms with Crippen molar-refractivity contribution in [3.05, 3.63) is 27.7 Å². The van der Waals surface area contributed by atoms with Gasteiger partial charge >= 0.3 is 12.5 Å². The first-order valence-electron chi connectivity index (χ1n) is 4.30. The summed E-state index contributed by atoms with van der Waals surface area (Å²) < 4.78 is 101. The van der Waals surface area contributed by atoms with E-state index in [0.717, 1.165) is 4.98 Å². The molecule has 0 bridgehead atoms. The molecule has 0 saturated heterocycles. The lowest BCUT2D eigenvalue weighted by atomic mass is 10.2. The van der Waals surface area contributed by atoms with E-state index in [4.69, 9.17) is 0 Å². The Bertz CT molecular complexity index is 515. The summed E-state index contributed by atoms with van der Waals surface area (Å²) in [4.78, 5) is 11.7. The van der Waals surface area contributed by atoms with E-state index in [0.29, 0.717) is 0 Å². The first-order chi connectivity index (χ1) is 8.42. The highest BCUT2D eigenvalue weighted by molar-refractivity contribution is 5.39. The van der Waals surface area contributed by atoms with Crippen LogP contribution in [0.4, 0.5) is 35.1 Å². The van der Waals surface area contributed by atoms with Crippen LogP contribution in [0.1, 0.15) is 17.7 Å². The maximum atomic E-state index is 12.4. The Labute approximate surface area is 98.3 Å². The maximum Gasteiger partial charge on any atom is 0.573 e. The van der Waals surface area contributed by atoms with Crippen LogP contribution in [0.15, 0.2) is 10.9 Å². The SMILES string of the molecule is O=c1cc(C(F)F)c(OC(F)(F)F)c(C(F)(F)F)[nH]1. The van der Waals surface area contributed by atoms with Gasteiger partial charge in [0, 0.05) is 6.07 Å². The monoisotopic (exact) mass is 297 g/mol. The average molecular weight is 297 g/mol. The number of nitrogens with one attached hydrogen (secondary N) is 1. The van der Waals surface area contributed by atoms with Gasteiger partial charge in [-0.1, -0.05) is 0 Å². The second-order valence-corrected chi connectivity index (χ2v) is 3.14. The minimum atomic E-state index is -5.62. The first-order valence-corrected chi connectivity index (χ1v) is 4.30. The zero-order chi connectivity index (χ0) is 15.0. The second kappa shape index (κ2) is 4.70. The van der Waals surface area contributed by atoms with Gasteiger partial charge in [-0.25, -0.2) is 8.78 Å². The number of alkyl halides is 8. The Balaban J connectivity index is 3.57. The highest BCUT2D eigenvalue weighted by atomic mass is 19.4. The topological polar surface area (TPSA) is 42.1 Å². The summed E-state index contributed by atoms with van der Waals surface area (Å²) in [6.07, 6.45) is -14.9. The van der Waals surface area contributed by atoms with Gasteiger partial charge in [0.05, 0.1) is 5.56 Å². The number of ether oxygens (including phenoxy) is 1. The summed E-state index contributed by atoms with van der Waals surface area (Å²) in [5.41, 5.74) is -5.75. The van der Waals surface area contributed by atoms with Gasteiger partial charge in [-0.15, -0.1) is 13.2 Å². The summed E-state index contributed by atoms with van der Waals surface area (Å²) in [6.45, 7) is 0. The Morgan fingerprint density at radius 2 is 1.63 bits per heavy atom. The summed E-state index contributed by atoms with van der Waals surface area (Å²) in [5.74, 6) is -2.17. The van der Waals surface area contributed by atoms with Gasteiger partial charge in [0.2, 0.25) is 5.56 Å². The Morgan fingerprint density at radius 1 is 1.11 bits per heavy atom. The quantitative estimate of drug-likeness (QED) is 0.852. The number of aromatic nitrogens is 1. The number of rotatable bonds is 2. The zero-order valence-electron chi connectivity index (χ0n) is 8.49. The first kappa shape index (κ1) is 15.2. The molecule has 0 atom stereocenters. The Hall–Kier alpha value is -1.81. The number of hydrogen-bond donors (Lipinski definition) is 1. The maximum absolute atomic E-state index is 12.4. The average Bonchev–Trinajstić information content (AvgIpc) is 2.16. The lowest BCUT2D eigenvalue weighted by Gasteiger charge is -2.17. The molecule has 0 aromatic carbocycles. The molecule has 0 saturated carbocycles. The molecular formula is C8H3F8NO2. The van der Waals surface area contributed by atoms with E-state index < -0.39 is 41.5 Å². The standard InChI is InChI=1S/C8H3F8NO2/c9-6(10)2-1-3(18)17-5(7(11,12)13)4(2)19-8(14,15)16/h1,6H,(H,17,18). The molecule has 11 heteroatoms. The highest BCUT2D eigenvalue weighted by Crippen LogP contribution is 2.41. The van der Waals surface area contributed by atoms with Crippen LogP contribution in [-0.2, 0) is 6.18 Å². The van der Waals surface area contributed by atoms with E-state index in [2.05, 4.69) is 4.74 Å². The fourth-order valence-corrected chi connectivity index (χ4v) is 1.15. The van der Waals surface area contributed by atoms with Crippen LogP contribution in [0, 0.1) is 0 Å². The molecular weight excluding hydrogens is 294 g/mol. The predicted octanol–water partition coefficient (Wildman–Crippen LogP) is 3.23. The number of aromatic amines is 1. The summed E-state index contributed by atoms with van der Waals surface area (Å²) in [6, 6.07) is -0.0963. The van der Waals surface area contributed by atoms with Gasteiger partial charge in [0.25, 0.3) is 6.43 Å². The van der Waals surface area contributed by atoms with Crippen LogP contribution in [0.2, 0.25) is 0 Å². The Morgan fingerprint density at radius 3 is 2.00 bits per heavy atom. The van der Waals surface area contributed by atoms with E-state index in [9.17, 15) is 39.9 Å². The van der Waals surface area contributed by atoms with Gasteiger partial charge < -0.3 is 9.72 Å². The Kier molecular flexibility index (Phi) is 3.77. The molecule has 0 spiro atoms. The minimum Gasteiger partial charge on any atom is -0.403 e. The van der Waals surface area contributed by atoms with Crippen molar-refractivity contribution < 1.29 is 39.9 Å². The van der Waals surface area contributed by atoms with Crippen LogP contribution >= 0.6 is 0 Å². The molecule has 1 N–H and O–H groups in total. The molecule has 19 heavy (non-hydrogen) atoms. The van der Waals surface area contributed by atoms with E-state index in [1.165, 1.54) is 0 Å². The van der Waals surface area contributed by atoms with E-state index in [1.54, 1.807) is 0 Å². The van der Waals surface area contributed by atoms with Crippen molar-refractivity contribution in [2.24, 2.45) is 0 Å². The minimum absolute atomic E-state index is 0.0963. The molecule has 1 heterocycles. The number of hydrogen-bond acceptors (Lipinski definition) is 2. The molecule has 1 rings (SSSR count). The zero-order valence-corrected chi connectivity index (χ0v) is 8.49. The lowest BCUT2D eigenvalue weighted by Crippen LogP contribution is -2.25. The van der Waals surface area contributed by atoms with Crippen molar-refractivity contribution in [3.63, 3.8) is 0 Å². The van der Waals surface area contributed by atoms with Gasteiger partial charge in [-0.3, -0.25) is 4.79 Å². The van der Waals surface area contributed by atoms with Gasteiger partial charge in [0.1, 0.15) is 0 Å². The second-order valence-electron chi connectivity index (χ2n) is 3.14. The molecule has 108 valence electrons. The summed E-state index contributed by atoms with van der Waals surface area (Å²) in [7, 11) is 0. The normalized spacial score (nSPS) is 12.9. The van der Waals surface area contributed by atoms with Crippen molar-refractivity contribution in [2.45, 2.75) is 19.0 Å². The lowest BCUT2D eigenvalue weighted by molar-refractivity contribution is -0.277. The summed E-state index contributed by atoms with van der Waals surface area (Å²) >= 11 is 0. The van der Waals surface area contributed by atoms with Crippen LogP contribution in [-0.4, -0.2) is 11.3 Å². The van der Waals surface area contributed by atoms with Crippen molar-refractivity contribution >= 4 is 0 Å². The molecule has 0 fully saturated rings. The molecule has 0 aliphatic heterocycles. The van der Waals surface area contributed by atoms with Crippen molar-refractivity contribution in [2.75, 3.05) is 0 Å². The molecule has 0 aliphatic carbocycles. The number of pyridine rings is 1. The van der Waals surface area contributed by atoms with Gasteiger partial charge in [0.15, 0.2) is 11.4 Å². The molecule has 0 radical (unpaired) electrons. The van der Waals surface area contributed by atoms with Crippen LogP contribution in [0.5, 0.6) is 5.75 Å². The fourth-order valence-electron chi connectivity index (χ4n) is 1.15.